The molecule has 0 aromatic rings. The number of hydrogen-bond acceptors (Lipinski definition) is 5. The molecule has 0 radical (unpaired) electrons. The van der Waals surface area contributed by atoms with Crippen molar-refractivity contribution < 1.29 is 63.4 Å². The van der Waals surface area contributed by atoms with Gasteiger partial charge in [0.2, 0.25) is 0 Å². The molecule has 0 aromatic heterocycles. The number of carbonyl (C=O) groups excluding carboxylic acids is 1. The van der Waals surface area contributed by atoms with Gasteiger partial charge < -0.3 is 11.3 Å². The molecule has 0 rings (SSSR count). The molecule has 0 saturated heterocycles. The summed E-state index contributed by atoms with van der Waals surface area (Å²) in [4.78, 5) is 23.0. The predicted molar refractivity (Wildman–Crippen MR) is 110 cm³/mol. The zero-order chi connectivity index (χ0) is 21.4. The van der Waals surface area contributed by atoms with Gasteiger partial charge in [0.15, 0.2) is 5.25 Å². The molecule has 166 valence electrons. The molecule has 0 aliphatic heterocycles. The first-order chi connectivity index (χ1) is 13.2. The molecule has 0 spiro atoms. The summed E-state index contributed by atoms with van der Waals surface area (Å²) in [6.45, 7) is 5.82. The molecule has 7 nitrogen and oxygen atoms in total. The number of hydrogen-bond donors (Lipinski definition) is 2. The third-order valence-electron chi connectivity index (χ3n) is 4.58. The van der Waals surface area contributed by atoms with Crippen molar-refractivity contribution in [2.45, 2.75) is 102 Å². The Hall–Kier alpha value is -0.410. The van der Waals surface area contributed by atoms with Crippen molar-refractivity contribution >= 4 is 22.1 Å². The van der Waals surface area contributed by atoms with Crippen LogP contribution in [0.3, 0.4) is 0 Å². The molecule has 9 heteroatoms. The fraction of sp³-hybridized carbons (Fsp3) is 0.800. The summed E-state index contributed by atoms with van der Waals surface area (Å²) < 4.78 is 37.2. The van der Waals surface area contributed by atoms with Crippen molar-refractivity contribution in [1.82, 2.24) is 0 Å². The van der Waals surface area contributed by atoms with Gasteiger partial charge in [-0.2, -0.15) is 8.42 Å². The number of unbranched alkanes of at least 4 members (excludes halogenated alkanes) is 8. The van der Waals surface area contributed by atoms with Gasteiger partial charge in [0.1, 0.15) is 6.10 Å². The van der Waals surface area contributed by atoms with Crippen molar-refractivity contribution in [2.75, 3.05) is 0 Å². The molecule has 0 aliphatic carbocycles. The van der Waals surface area contributed by atoms with Crippen LogP contribution in [0.1, 0.15) is 91.8 Å². The first-order valence-electron chi connectivity index (χ1n) is 10.2. The molecule has 0 amide bonds. The van der Waals surface area contributed by atoms with E-state index in [4.69, 9.17) is 14.4 Å². The minimum absolute atomic E-state index is 0. The van der Waals surface area contributed by atoms with E-state index in [0.29, 0.717) is 12.8 Å². The molecule has 2 N–H and O–H groups in total. The number of ether oxygens (including phenoxy) is 1. The van der Waals surface area contributed by atoms with Crippen LogP contribution in [0.5, 0.6) is 0 Å². The first kappa shape index (κ1) is 30.8. The van der Waals surface area contributed by atoms with Gasteiger partial charge in [-0.15, -0.1) is 6.58 Å². The Morgan fingerprint density at radius 3 is 2.03 bits per heavy atom. The number of allylic oxidation sites excluding steroid dienone is 1. The van der Waals surface area contributed by atoms with E-state index in [1.165, 1.54) is 25.7 Å². The Balaban J connectivity index is -0.00000364. The van der Waals surface area contributed by atoms with Crippen molar-refractivity contribution in [2.24, 2.45) is 0 Å². The van der Waals surface area contributed by atoms with E-state index in [9.17, 15) is 18.0 Å². The van der Waals surface area contributed by atoms with Crippen LogP contribution < -0.4 is 29.6 Å². The van der Waals surface area contributed by atoms with Gasteiger partial charge in [-0.25, -0.2) is 0 Å². The van der Waals surface area contributed by atoms with Crippen molar-refractivity contribution in [3.8, 4) is 0 Å². The minimum atomic E-state index is -4.84. The largest absolute Gasteiger partial charge is 1.00 e. The number of rotatable bonds is 18. The molecule has 29 heavy (non-hydrogen) atoms. The standard InChI is InChI=1S/C20H36O7S.Na.H/c1-3-5-7-9-10-11-13-15-17(14-12-8-6-4-2)27-20(23)18(16-19(21)22)28(24,25)26;;/h4,17-18H,2-3,5-16H2,1H3,(H,21,22)(H,24,25,26);;/q;+1;-1. The second kappa shape index (κ2) is 18.4. The van der Waals surface area contributed by atoms with Crippen LogP contribution in [-0.4, -0.2) is 41.4 Å². The minimum Gasteiger partial charge on any atom is -1.00 e. The van der Waals surface area contributed by atoms with E-state index in [1.807, 2.05) is 0 Å². The summed E-state index contributed by atoms with van der Waals surface area (Å²) in [5, 5.41) is 6.71. The Morgan fingerprint density at radius 1 is 1.03 bits per heavy atom. The Morgan fingerprint density at radius 2 is 1.55 bits per heavy atom. The molecular formula is C20H37NaO7S. The van der Waals surface area contributed by atoms with Crippen molar-refractivity contribution in [3.05, 3.63) is 12.7 Å². The molecular weight excluding hydrogens is 407 g/mol. The van der Waals surface area contributed by atoms with Crippen LogP contribution in [0, 0.1) is 0 Å². The topological polar surface area (TPSA) is 118 Å². The van der Waals surface area contributed by atoms with Gasteiger partial charge in [0.05, 0.1) is 6.42 Å². The van der Waals surface area contributed by atoms with E-state index in [1.54, 1.807) is 6.08 Å². The average molecular weight is 445 g/mol. The van der Waals surface area contributed by atoms with E-state index < -0.39 is 39.8 Å². The summed E-state index contributed by atoms with van der Waals surface area (Å²) >= 11 is 0. The van der Waals surface area contributed by atoms with Crippen LogP contribution in [0.2, 0.25) is 0 Å². The average Bonchev–Trinajstić information content (AvgIpc) is 2.61. The van der Waals surface area contributed by atoms with Gasteiger partial charge in [-0.1, -0.05) is 51.5 Å². The fourth-order valence-corrected chi connectivity index (χ4v) is 3.61. The number of carboxylic acid groups (broad SMARTS) is 1. The summed E-state index contributed by atoms with van der Waals surface area (Å²) in [6, 6.07) is 0. The predicted octanol–water partition coefficient (Wildman–Crippen LogP) is 1.63. The van der Waals surface area contributed by atoms with Gasteiger partial charge in [-0.05, 0) is 38.5 Å². The second-order valence-corrected chi connectivity index (χ2v) is 8.74. The maximum atomic E-state index is 12.2. The maximum absolute atomic E-state index is 12.2. The van der Waals surface area contributed by atoms with E-state index >= 15 is 0 Å². The molecule has 0 aromatic carbocycles. The fourth-order valence-electron chi connectivity index (χ4n) is 2.96. The van der Waals surface area contributed by atoms with Gasteiger partial charge in [0, 0.05) is 0 Å². The third-order valence-corrected chi connectivity index (χ3v) is 5.66. The summed E-state index contributed by atoms with van der Waals surface area (Å²) in [7, 11) is -4.84. The third kappa shape index (κ3) is 17.0. The smallest absolute Gasteiger partial charge is 1.00 e. The Labute approximate surface area is 199 Å². The van der Waals surface area contributed by atoms with Crippen LogP contribution in [0.15, 0.2) is 12.7 Å². The van der Waals surface area contributed by atoms with E-state index in [0.717, 1.165) is 38.5 Å². The second-order valence-electron chi connectivity index (χ2n) is 7.14. The molecule has 0 saturated carbocycles. The molecule has 2 unspecified atom stereocenters. The Kier molecular flexibility index (Phi) is 19.5. The normalized spacial score (nSPS) is 13.2. The monoisotopic (exact) mass is 444 g/mol. The number of esters is 1. The van der Waals surface area contributed by atoms with Crippen LogP contribution >= 0.6 is 0 Å². The molecule has 0 fully saturated rings. The van der Waals surface area contributed by atoms with Crippen molar-refractivity contribution in [1.29, 1.82) is 0 Å². The summed E-state index contributed by atoms with van der Waals surface area (Å²) in [5.74, 6) is -2.68. The van der Waals surface area contributed by atoms with Gasteiger partial charge >= 0.3 is 41.5 Å². The van der Waals surface area contributed by atoms with Crippen LogP contribution in [0.4, 0.5) is 0 Å². The van der Waals surface area contributed by atoms with Crippen LogP contribution in [0.25, 0.3) is 0 Å². The molecule has 0 aliphatic rings. The summed E-state index contributed by atoms with van der Waals surface area (Å²) in [6.07, 6.45) is 11.7. The van der Waals surface area contributed by atoms with E-state index in [2.05, 4.69) is 13.5 Å². The van der Waals surface area contributed by atoms with Gasteiger partial charge in [-0.3, -0.25) is 14.1 Å². The number of carbonyl (C=O) groups is 2. The Bertz CT molecular complexity index is 570. The molecule has 0 bridgehead atoms. The number of aliphatic carboxylic acids is 1. The quantitative estimate of drug-likeness (QED) is 0.108. The first-order valence-corrected chi connectivity index (χ1v) is 11.7. The van der Waals surface area contributed by atoms with Gasteiger partial charge in [0.25, 0.3) is 10.1 Å². The zero-order valence-corrected chi connectivity index (χ0v) is 20.8. The SMILES string of the molecule is C=CCCCCC(CCCCCCCCC)OC(=O)C(CC(=O)O)S(=O)(=O)O.[H-].[Na+]. The number of carboxylic acids is 1. The zero-order valence-electron chi connectivity index (χ0n) is 19.0. The summed E-state index contributed by atoms with van der Waals surface area (Å²) in [5.41, 5.74) is 0. The molecule has 0 heterocycles. The van der Waals surface area contributed by atoms with Crippen LogP contribution in [-0.2, 0) is 24.4 Å². The molecule has 2 atom stereocenters. The van der Waals surface area contributed by atoms with Crippen molar-refractivity contribution in [3.63, 3.8) is 0 Å². The maximum Gasteiger partial charge on any atom is 1.00 e. The van der Waals surface area contributed by atoms with E-state index in [-0.39, 0.29) is 31.0 Å².